The normalized spacial score (nSPS) is 12.1. The Morgan fingerprint density at radius 2 is 2.00 bits per heavy atom. The number of sulfonamides is 1. The molecule has 0 aliphatic carbocycles. The highest BCUT2D eigenvalue weighted by molar-refractivity contribution is 9.10. The maximum atomic E-state index is 13.1. The summed E-state index contributed by atoms with van der Waals surface area (Å²) in [6, 6.07) is 3.62. The van der Waals surface area contributed by atoms with Crippen LogP contribution in [0.4, 0.5) is 4.39 Å². The fourth-order valence-electron chi connectivity index (χ4n) is 0.937. The van der Waals surface area contributed by atoms with Gasteiger partial charge in [0.15, 0.2) is 0 Å². The fraction of sp³-hybridized carbons (Fsp3) is 0.250. The maximum Gasteiger partial charge on any atom is 0.253 e. The van der Waals surface area contributed by atoms with Crippen molar-refractivity contribution in [2.24, 2.45) is 0 Å². The van der Waals surface area contributed by atoms with E-state index in [1.54, 1.807) is 0 Å². The first kappa shape index (κ1) is 12.6. The number of rotatable bonds is 3. The molecular formula is C8H10BrFN2O2S. The molecule has 0 aromatic heterocycles. The number of hydrazine groups is 1. The van der Waals surface area contributed by atoms with Gasteiger partial charge in [0.05, 0.1) is 9.37 Å². The molecule has 1 aromatic rings. The van der Waals surface area contributed by atoms with Crippen molar-refractivity contribution in [1.82, 2.24) is 9.84 Å². The Kier molecular flexibility index (Phi) is 3.82. The van der Waals surface area contributed by atoms with E-state index in [0.717, 1.165) is 6.07 Å². The number of benzene rings is 1. The van der Waals surface area contributed by atoms with E-state index in [0.29, 0.717) is 0 Å². The SMILES string of the molecule is CN(C)NS(=O)(=O)c1ccc(Br)c(F)c1. The molecule has 0 aliphatic rings. The third-order valence-electron chi connectivity index (χ3n) is 1.50. The molecule has 0 unspecified atom stereocenters. The standard InChI is InChI=1S/C8H10BrFN2O2S/c1-12(2)11-15(13,14)6-3-4-7(9)8(10)5-6/h3-5,11H,1-2H3. The molecule has 0 saturated carbocycles. The highest BCUT2D eigenvalue weighted by atomic mass is 79.9. The Bertz CT molecular complexity index is 462. The highest BCUT2D eigenvalue weighted by Crippen LogP contribution is 2.19. The molecule has 0 bridgehead atoms. The first-order valence-corrected chi connectivity index (χ1v) is 6.25. The van der Waals surface area contributed by atoms with Gasteiger partial charge < -0.3 is 0 Å². The van der Waals surface area contributed by atoms with Crippen molar-refractivity contribution in [3.05, 3.63) is 28.5 Å². The van der Waals surface area contributed by atoms with E-state index in [4.69, 9.17) is 0 Å². The van der Waals surface area contributed by atoms with Gasteiger partial charge in [0.1, 0.15) is 5.82 Å². The minimum Gasteiger partial charge on any atom is -0.237 e. The van der Waals surface area contributed by atoms with E-state index >= 15 is 0 Å². The number of hydrogen-bond acceptors (Lipinski definition) is 3. The van der Waals surface area contributed by atoms with Crippen molar-refractivity contribution >= 4 is 26.0 Å². The zero-order valence-electron chi connectivity index (χ0n) is 8.16. The van der Waals surface area contributed by atoms with Gasteiger partial charge in [-0.3, -0.25) is 0 Å². The third kappa shape index (κ3) is 3.23. The van der Waals surface area contributed by atoms with Crippen LogP contribution in [0.2, 0.25) is 0 Å². The molecule has 0 radical (unpaired) electrons. The van der Waals surface area contributed by atoms with Crippen molar-refractivity contribution in [1.29, 1.82) is 0 Å². The number of halogens is 2. The fourth-order valence-corrected chi connectivity index (χ4v) is 2.28. The summed E-state index contributed by atoms with van der Waals surface area (Å²) >= 11 is 2.95. The predicted molar refractivity (Wildman–Crippen MR) is 58.1 cm³/mol. The molecule has 0 spiro atoms. The Balaban J connectivity index is 3.11. The van der Waals surface area contributed by atoms with Crippen LogP contribution >= 0.6 is 15.9 Å². The predicted octanol–water partition coefficient (Wildman–Crippen LogP) is 1.34. The average Bonchev–Trinajstić information content (AvgIpc) is 2.07. The number of nitrogens with zero attached hydrogens (tertiary/aromatic N) is 1. The second kappa shape index (κ2) is 4.56. The third-order valence-corrected chi connectivity index (χ3v) is 3.63. The van der Waals surface area contributed by atoms with Crippen LogP contribution < -0.4 is 4.83 Å². The summed E-state index contributed by atoms with van der Waals surface area (Å²) < 4.78 is 36.5. The van der Waals surface area contributed by atoms with Crippen LogP contribution in [-0.4, -0.2) is 27.5 Å². The molecule has 7 heteroatoms. The van der Waals surface area contributed by atoms with Crippen LogP contribution in [0.25, 0.3) is 0 Å². The average molecular weight is 297 g/mol. The van der Waals surface area contributed by atoms with Gasteiger partial charge in [0.25, 0.3) is 10.0 Å². The van der Waals surface area contributed by atoms with E-state index in [9.17, 15) is 12.8 Å². The molecule has 1 N–H and O–H groups in total. The molecule has 0 atom stereocenters. The maximum absolute atomic E-state index is 13.1. The van der Waals surface area contributed by atoms with E-state index in [1.807, 2.05) is 0 Å². The lowest BCUT2D eigenvalue weighted by Crippen LogP contribution is -2.36. The van der Waals surface area contributed by atoms with E-state index in [1.165, 1.54) is 31.2 Å². The molecular weight excluding hydrogens is 287 g/mol. The summed E-state index contributed by atoms with van der Waals surface area (Å²) in [6.45, 7) is 0. The summed E-state index contributed by atoms with van der Waals surface area (Å²) in [4.78, 5) is 2.09. The van der Waals surface area contributed by atoms with Crippen LogP contribution in [0.5, 0.6) is 0 Å². The summed E-state index contributed by atoms with van der Waals surface area (Å²) in [5.74, 6) is -0.614. The second-order valence-electron chi connectivity index (χ2n) is 3.07. The van der Waals surface area contributed by atoms with Crippen molar-refractivity contribution in [3.8, 4) is 0 Å². The largest absolute Gasteiger partial charge is 0.253 e. The van der Waals surface area contributed by atoms with Gasteiger partial charge in [-0.25, -0.2) is 17.8 Å². The van der Waals surface area contributed by atoms with Crippen LogP contribution in [0, 0.1) is 5.82 Å². The monoisotopic (exact) mass is 296 g/mol. The van der Waals surface area contributed by atoms with Gasteiger partial charge in [-0.2, -0.15) is 0 Å². The highest BCUT2D eigenvalue weighted by Gasteiger charge is 2.16. The molecule has 0 heterocycles. The van der Waals surface area contributed by atoms with Crippen molar-refractivity contribution < 1.29 is 12.8 Å². The Morgan fingerprint density at radius 1 is 1.40 bits per heavy atom. The number of hydrogen-bond donors (Lipinski definition) is 1. The van der Waals surface area contributed by atoms with Crippen LogP contribution in [-0.2, 0) is 10.0 Å². The first-order chi connectivity index (χ1) is 6.83. The summed E-state index contributed by atoms with van der Waals surface area (Å²) in [5.41, 5.74) is 0. The van der Waals surface area contributed by atoms with Crippen molar-refractivity contribution in [2.75, 3.05) is 14.1 Å². The Labute approximate surface area is 96.2 Å². The molecule has 0 fully saturated rings. The van der Waals surface area contributed by atoms with Gasteiger partial charge in [-0.1, -0.05) is 0 Å². The minimum absolute atomic E-state index is 0.114. The second-order valence-corrected chi connectivity index (χ2v) is 5.58. The first-order valence-electron chi connectivity index (χ1n) is 3.98. The van der Waals surface area contributed by atoms with Crippen molar-refractivity contribution in [2.45, 2.75) is 4.90 Å². The summed E-state index contributed by atoms with van der Waals surface area (Å²) in [7, 11) is -0.615. The lowest BCUT2D eigenvalue weighted by molar-refractivity contribution is 0.364. The van der Waals surface area contributed by atoms with E-state index in [2.05, 4.69) is 20.8 Å². The molecule has 0 aliphatic heterocycles. The Hall–Kier alpha value is -0.500. The number of nitrogens with one attached hydrogen (secondary N) is 1. The summed E-state index contributed by atoms with van der Waals surface area (Å²) in [6.07, 6.45) is 0. The molecule has 1 aromatic carbocycles. The summed E-state index contributed by atoms with van der Waals surface area (Å²) in [5, 5.41) is 1.27. The smallest absolute Gasteiger partial charge is 0.237 e. The van der Waals surface area contributed by atoms with Gasteiger partial charge in [0.2, 0.25) is 0 Å². The molecule has 1 rings (SSSR count). The van der Waals surface area contributed by atoms with Crippen LogP contribution in [0.15, 0.2) is 27.6 Å². The quantitative estimate of drug-likeness (QED) is 0.857. The Morgan fingerprint density at radius 3 is 2.47 bits per heavy atom. The van der Waals surface area contributed by atoms with Gasteiger partial charge in [0, 0.05) is 14.1 Å². The van der Waals surface area contributed by atoms with E-state index < -0.39 is 15.8 Å². The van der Waals surface area contributed by atoms with E-state index in [-0.39, 0.29) is 9.37 Å². The van der Waals surface area contributed by atoms with Crippen LogP contribution in [0.1, 0.15) is 0 Å². The zero-order valence-corrected chi connectivity index (χ0v) is 10.6. The van der Waals surface area contributed by atoms with Crippen LogP contribution in [0.3, 0.4) is 0 Å². The molecule has 0 saturated heterocycles. The lowest BCUT2D eigenvalue weighted by atomic mass is 10.3. The van der Waals surface area contributed by atoms with Gasteiger partial charge in [-0.15, -0.1) is 4.83 Å². The minimum atomic E-state index is -3.68. The van der Waals surface area contributed by atoms with Gasteiger partial charge in [-0.05, 0) is 34.1 Å². The van der Waals surface area contributed by atoms with Gasteiger partial charge >= 0.3 is 0 Å². The lowest BCUT2D eigenvalue weighted by Gasteiger charge is -2.12. The molecule has 15 heavy (non-hydrogen) atoms. The molecule has 84 valence electrons. The topological polar surface area (TPSA) is 49.4 Å². The van der Waals surface area contributed by atoms with Crippen molar-refractivity contribution in [3.63, 3.8) is 0 Å². The zero-order chi connectivity index (χ0) is 11.6. The molecule has 0 amide bonds. The molecule has 4 nitrogen and oxygen atoms in total.